The molecule has 0 spiro atoms. The van der Waals surface area contributed by atoms with Crippen LogP contribution in [0.1, 0.15) is 20.8 Å². The van der Waals surface area contributed by atoms with Crippen LogP contribution in [-0.2, 0) is 19.6 Å². The van der Waals surface area contributed by atoms with Gasteiger partial charge in [0.15, 0.2) is 0 Å². The highest BCUT2D eigenvalue weighted by Crippen LogP contribution is 2.26. The largest absolute Gasteiger partial charge is 0.350 e. The molecule has 0 radical (unpaired) electrons. The first-order valence-corrected chi connectivity index (χ1v) is 10.1. The number of rotatable bonds is 7. The van der Waals surface area contributed by atoms with Crippen LogP contribution in [0.15, 0.2) is 23.1 Å². The van der Waals surface area contributed by atoms with E-state index in [1.54, 1.807) is 11.9 Å². The van der Waals surface area contributed by atoms with Crippen molar-refractivity contribution in [1.82, 2.24) is 14.5 Å². The summed E-state index contributed by atoms with van der Waals surface area (Å²) in [5.41, 5.74) is -0.163. The maximum absolute atomic E-state index is 12.2. The van der Waals surface area contributed by atoms with E-state index in [4.69, 9.17) is 11.6 Å². The summed E-state index contributed by atoms with van der Waals surface area (Å²) in [4.78, 5) is 25.7. The van der Waals surface area contributed by atoms with Gasteiger partial charge in [0, 0.05) is 19.6 Å². The van der Waals surface area contributed by atoms with Gasteiger partial charge in [0.25, 0.3) is 0 Å². The first kappa shape index (κ1) is 23.4. The number of hydrogen-bond acceptors (Lipinski definition) is 5. The van der Waals surface area contributed by atoms with Crippen LogP contribution in [0.3, 0.4) is 0 Å². The molecule has 0 bridgehead atoms. The number of nitrogens with one attached hydrogen (secondary N) is 2. The molecule has 8 nitrogen and oxygen atoms in total. The zero-order chi connectivity index (χ0) is 21.0. The van der Waals surface area contributed by atoms with Gasteiger partial charge in [-0.25, -0.2) is 12.7 Å². The Labute approximate surface area is 165 Å². The van der Waals surface area contributed by atoms with Gasteiger partial charge in [-0.15, -0.1) is 0 Å². The number of carbonyl (C=O) groups excluding carboxylic acids is 2. The number of hydrogen-bond donors (Lipinski definition) is 2. The number of sulfonamides is 1. The molecule has 152 valence electrons. The first-order valence-electron chi connectivity index (χ1n) is 8.24. The van der Waals surface area contributed by atoms with Gasteiger partial charge in [0.05, 0.1) is 28.7 Å². The lowest BCUT2D eigenvalue weighted by atomic mass is 10.1. The SMILES string of the molecule is CN(CC(=O)Nc1cc(S(=O)(=O)N(C)C)ccc1Cl)CC(=O)NC(C)(C)C. The lowest BCUT2D eigenvalue weighted by Crippen LogP contribution is -2.46. The second kappa shape index (κ2) is 9.01. The monoisotopic (exact) mass is 418 g/mol. The summed E-state index contributed by atoms with van der Waals surface area (Å²) in [7, 11) is 0.820. The van der Waals surface area contributed by atoms with E-state index in [9.17, 15) is 18.0 Å². The van der Waals surface area contributed by atoms with Crippen LogP contribution in [0.5, 0.6) is 0 Å². The minimum atomic E-state index is -3.65. The van der Waals surface area contributed by atoms with Gasteiger partial charge in [-0.2, -0.15) is 0 Å². The van der Waals surface area contributed by atoms with E-state index in [0.717, 1.165) is 4.31 Å². The van der Waals surface area contributed by atoms with Crippen LogP contribution in [-0.4, -0.2) is 69.2 Å². The molecule has 0 aliphatic rings. The molecule has 0 aromatic heterocycles. The summed E-state index contributed by atoms with van der Waals surface area (Å²) < 4.78 is 25.5. The van der Waals surface area contributed by atoms with Crippen molar-refractivity contribution in [3.05, 3.63) is 23.2 Å². The van der Waals surface area contributed by atoms with Gasteiger partial charge in [-0.3, -0.25) is 14.5 Å². The van der Waals surface area contributed by atoms with Gasteiger partial charge >= 0.3 is 0 Å². The van der Waals surface area contributed by atoms with Crippen molar-refractivity contribution < 1.29 is 18.0 Å². The normalized spacial score (nSPS) is 12.3. The molecule has 2 N–H and O–H groups in total. The lowest BCUT2D eigenvalue weighted by molar-refractivity contribution is -0.124. The van der Waals surface area contributed by atoms with Crippen LogP contribution in [0, 0.1) is 0 Å². The quantitative estimate of drug-likeness (QED) is 0.696. The highest BCUT2D eigenvalue weighted by molar-refractivity contribution is 7.89. The standard InChI is InChI=1S/C17H27ClN4O4S/c1-17(2,3)20-16(24)11-22(6)10-15(23)19-14-9-12(7-8-13(14)18)27(25,26)21(4)5/h7-9H,10-11H2,1-6H3,(H,19,23)(H,20,24). The Bertz CT molecular complexity index is 804. The number of anilines is 1. The third-order valence-corrected chi connectivity index (χ3v) is 5.47. The highest BCUT2D eigenvalue weighted by atomic mass is 35.5. The molecular weight excluding hydrogens is 392 g/mol. The Morgan fingerprint density at radius 3 is 2.15 bits per heavy atom. The Kier molecular flexibility index (Phi) is 7.79. The summed E-state index contributed by atoms with van der Waals surface area (Å²) in [6.45, 7) is 5.60. The third kappa shape index (κ3) is 7.45. The Morgan fingerprint density at radius 1 is 1.07 bits per heavy atom. The number of halogens is 1. The smallest absolute Gasteiger partial charge is 0.242 e. The van der Waals surface area contributed by atoms with Crippen molar-refractivity contribution in [3.8, 4) is 0 Å². The second-order valence-corrected chi connectivity index (χ2v) is 10.0. The molecule has 1 aromatic carbocycles. The maximum Gasteiger partial charge on any atom is 0.242 e. The summed E-state index contributed by atoms with van der Waals surface area (Å²) in [6.07, 6.45) is 0. The first-order chi connectivity index (χ1) is 12.2. The maximum atomic E-state index is 12.2. The van der Waals surface area contributed by atoms with Gasteiger partial charge in [0.1, 0.15) is 0 Å². The zero-order valence-electron chi connectivity index (χ0n) is 16.5. The van der Waals surface area contributed by atoms with Crippen molar-refractivity contribution in [1.29, 1.82) is 0 Å². The summed E-state index contributed by atoms with van der Waals surface area (Å²) in [5, 5.41) is 5.62. The number of amides is 2. The third-order valence-electron chi connectivity index (χ3n) is 3.33. The summed E-state index contributed by atoms with van der Waals surface area (Å²) in [5.74, 6) is -0.614. The molecule has 0 atom stereocenters. The predicted molar refractivity (Wildman–Crippen MR) is 106 cm³/mol. The topological polar surface area (TPSA) is 98.8 Å². The van der Waals surface area contributed by atoms with Gasteiger partial charge in [-0.1, -0.05) is 11.6 Å². The van der Waals surface area contributed by atoms with Crippen LogP contribution < -0.4 is 10.6 Å². The fourth-order valence-corrected chi connectivity index (χ4v) is 3.26. The molecule has 0 unspecified atom stereocenters. The van der Waals surface area contributed by atoms with Crippen LogP contribution in [0.4, 0.5) is 5.69 Å². The molecule has 2 amide bonds. The van der Waals surface area contributed by atoms with Gasteiger partial charge in [0.2, 0.25) is 21.8 Å². The average molecular weight is 419 g/mol. The molecule has 0 aliphatic carbocycles. The molecule has 0 saturated carbocycles. The van der Waals surface area contributed by atoms with E-state index in [0.29, 0.717) is 0 Å². The number of likely N-dealkylation sites (N-methyl/N-ethyl adjacent to an activating group) is 1. The molecule has 27 heavy (non-hydrogen) atoms. The van der Waals surface area contributed by atoms with E-state index in [1.807, 2.05) is 20.8 Å². The fraction of sp³-hybridized carbons (Fsp3) is 0.529. The zero-order valence-corrected chi connectivity index (χ0v) is 18.0. The molecular formula is C17H27ClN4O4S. The number of benzene rings is 1. The van der Waals surface area contributed by atoms with Crippen LogP contribution >= 0.6 is 11.6 Å². The van der Waals surface area contributed by atoms with E-state index in [2.05, 4.69) is 10.6 Å². The van der Waals surface area contributed by atoms with Gasteiger partial charge < -0.3 is 10.6 Å². The van der Waals surface area contributed by atoms with Gasteiger partial charge in [-0.05, 0) is 46.0 Å². The minimum absolute atomic E-state index is 0.0186. The Hall–Kier alpha value is -1.68. The number of nitrogens with zero attached hydrogens (tertiary/aromatic N) is 2. The molecule has 0 fully saturated rings. The predicted octanol–water partition coefficient (Wildman–Crippen LogP) is 1.38. The van der Waals surface area contributed by atoms with Crippen molar-refractivity contribution >= 4 is 39.1 Å². The molecule has 10 heteroatoms. The number of carbonyl (C=O) groups is 2. The fourth-order valence-electron chi connectivity index (χ4n) is 2.17. The van der Waals surface area contributed by atoms with E-state index in [1.165, 1.54) is 32.3 Å². The highest BCUT2D eigenvalue weighted by Gasteiger charge is 2.20. The molecule has 1 rings (SSSR count). The van der Waals surface area contributed by atoms with E-state index in [-0.39, 0.29) is 40.1 Å². The molecule has 0 saturated heterocycles. The average Bonchev–Trinajstić information content (AvgIpc) is 2.46. The Balaban J connectivity index is 2.78. The van der Waals surface area contributed by atoms with Crippen molar-refractivity contribution in [2.45, 2.75) is 31.2 Å². The van der Waals surface area contributed by atoms with Crippen molar-refractivity contribution in [2.75, 3.05) is 39.5 Å². The van der Waals surface area contributed by atoms with Crippen molar-refractivity contribution in [3.63, 3.8) is 0 Å². The summed E-state index contributed by atoms with van der Waals surface area (Å²) >= 11 is 6.06. The molecule has 1 aromatic rings. The Morgan fingerprint density at radius 2 is 1.63 bits per heavy atom. The van der Waals surface area contributed by atoms with E-state index < -0.39 is 15.9 Å². The van der Waals surface area contributed by atoms with Crippen molar-refractivity contribution in [2.24, 2.45) is 0 Å². The molecule has 0 heterocycles. The van der Waals surface area contributed by atoms with Crippen LogP contribution in [0.2, 0.25) is 5.02 Å². The lowest BCUT2D eigenvalue weighted by Gasteiger charge is -2.23. The minimum Gasteiger partial charge on any atom is -0.350 e. The second-order valence-electron chi connectivity index (χ2n) is 7.45. The van der Waals surface area contributed by atoms with E-state index >= 15 is 0 Å². The summed E-state index contributed by atoms with van der Waals surface area (Å²) in [6, 6.07) is 4.09. The molecule has 0 aliphatic heterocycles. The van der Waals surface area contributed by atoms with Crippen LogP contribution in [0.25, 0.3) is 0 Å².